The number of Topliss-reactive ketones (excluding diaryl/α,β-unsaturated/α-hetero) is 2. The molecular weight excluding hydrogens is 1630 g/mol. The zero-order valence-corrected chi connectivity index (χ0v) is 72.8. The molecule has 3 heterocycles. The first-order valence-corrected chi connectivity index (χ1v) is 41.8. The van der Waals surface area contributed by atoms with E-state index in [0.717, 1.165) is 0 Å². The molecule has 2 aromatic heterocycles. The largest absolute Gasteiger partial charge is 0.508 e. The Balaban J connectivity index is 1.42. The number of H-pyrrole nitrogens is 1. The Kier molecular flexibility index (Phi) is 38.9. The molecule has 5 unspecified atom stereocenters. The summed E-state index contributed by atoms with van der Waals surface area (Å²) >= 11 is 6.37. The van der Waals surface area contributed by atoms with Crippen molar-refractivity contribution < 1.29 is 92.0 Å². The molecule has 1 aliphatic heterocycles. The molecule has 0 spiro atoms. The van der Waals surface area contributed by atoms with Crippen molar-refractivity contribution in [2.75, 3.05) is 6.61 Å². The van der Waals surface area contributed by atoms with Gasteiger partial charge in [-0.1, -0.05) is 112 Å². The van der Waals surface area contributed by atoms with Crippen LogP contribution in [0.25, 0.3) is 10.9 Å². The summed E-state index contributed by atoms with van der Waals surface area (Å²) in [6, 6.07) is 0.803. The molecule has 2 bridgehead atoms. The minimum absolute atomic E-state index is 0.0311. The van der Waals surface area contributed by atoms with Crippen LogP contribution in [-0.4, -0.2) is 226 Å². The van der Waals surface area contributed by atoms with Gasteiger partial charge in [0.05, 0.1) is 30.5 Å². The Morgan fingerprint density at radius 2 is 1.26 bits per heavy atom. The molecule has 1 aliphatic rings. The molecule has 124 heavy (non-hydrogen) atoms. The number of ketones is 2. The maximum Gasteiger partial charge on any atom is 0.246 e. The molecule has 0 fully saturated rings. The lowest BCUT2D eigenvalue weighted by Gasteiger charge is -2.34. The van der Waals surface area contributed by atoms with E-state index in [9.17, 15) is 72.9 Å². The number of primary amides is 2. The monoisotopic (exact) mass is 1750 g/mol. The van der Waals surface area contributed by atoms with E-state index in [-0.39, 0.29) is 81.8 Å². The summed E-state index contributed by atoms with van der Waals surface area (Å²) in [5, 5.41) is 72.7. The standard InChI is InChI=1S/C84H121ClN20O19/c1-44(2)35-61(93-51(10)108)76(118)98-68(50(9)107)80(122)96-63(37-52-21-16-15-17-22-52)78(120)99-83(11)32-18-13-14-19-34-105-42-56(101-104-105)23-20-33-84(12,82(124)97-66(43-106)77(119)91-48(7)72(114)90-47(6)71(87)113)100-79(121)65(36-45(3)4)103-102-59(30-31-67(86)110)70(112)69(111)46(5)89-74(116)64(39-54-41-88-60-40-55(85)26-29-58(54)60)95-75(117)62(38-53-24-27-57(109)28-25-53)94-73(115)49(8)92-81(83)123/h15-17,21-22,24-29,40-42,44-50,59,61-66,68,88,102-103,106-107,109H,13-14,18-20,23,30-39,43H2,1-12H3,(H2,86,110)(H2,87,113)(H,89,116)(H,90,114)(H,91,119)(H,92,123)(H,93,108)(H,94,115)(H,95,117)(H,96,122)(H,97,124)(H,98,118)(H,99,120)(H,100,121)/t46?,47?,48-,49?,50+,59-,61-,62-,63-,64-,65-,66?,68-,83?,84-/m0/s1. The molecule has 14 amide bonds. The van der Waals surface area contributed by atoms with Gasteiger partial charge in [0.2, 0.25) is 94.3 Å². The average Bonchev–Trinajstić information content (AvgIpc) is 1.48. The van der Waals surface area contributed by atoms with Gasteiger partial charge in [-0.3, -0.25) is 81.4 Å². The summed E-state index contributed by atoms with van der Waals surface area (Å²) in [5.74, 6) is -15.8. The van der Waals surface area contributed by atoms with Gasteiger partial charge in [-0.25, -0.2) is 10.9 Å². The number of phenolic OH excluding ortho intramolecular Hbond substituents is 1. The van der Waals surface area contributed by atoms with Crippen molar-refractivity contribution in [2.45, 2.75) is 276 Å². The lowest BCUT2D eigenvalue weighted by molar-refractivity contribution is -0.140. The van der Waals surface area contributed by atoms with Crippen LogP contribution in [0.3, 0.4) is 0 Å². The second-order valence-electron chi connectivity index (χ2n) is 32.9. The molecule has 0 saturated heterocycles. The molecular formula is C84H121ClN20O19. The Hall–Kier alpha value is -11.8. The van der Waals surface area contributed by atoms with Crippen molar-refractivity contribution >= 4 is 117 Å². The highest BCUT2D eigenvalue weighted by molar-refractivity contribution is 6.41. The number of aryl methyl sites for hydroxylation is 2. The van der Waals surface area contributed by atoms with Gasteiger partial charge in [-0.2, -0.15) is 0 Å². The van der Waals surface area contributed by atoms with E-state index in [1.54, 1.807) is 79.5 Å². The zero-order chi connectivity index (χ0) is 92.0. The third kappa shape index (κ3) is 31.5. The molecule has 5 aromatic rings. The number of halogens is 1. The van der Waals surface area contributed by atoms with Crippen LogP contribution in [0.4, 0.5) is 0 Å². The number of amides is 14. The van der Waals surface area contributed by atoms with Crippen molar-refractivity contribution in [3.8, 4) is 5.75 Å². The number of aliphatic hydroxyl groups excluding tert-OH is 2. The van der Waals surface area contributed by atoms with E-state index in [1.807, 2.05) is 13.8 Å². The summed E-state index contributed by atoms with van der Waals surface area (Å²) < 4.78 is 1.57. The molecule has 678 valence electrons. The number of phenols is 1. The normalized spacial score (nSPS) is 22.2. The highest BCUT2D eigenvalue weighted by Gasteiger charge is 2.43. The highest BCUT2D eigenvalue weighted by Crippen LogP contribution is 2.26. The quantitative estimate of drug-likeness (QED) is 0.0256. The number of aromatic hydroxyl groups is 1. The number of hydrazine groups is 1. The van der Waals surface area contributed by atoms with Gasteiger partial charge in [0.1, 0.15) is 77.2 Å². The number of rotatable bonds is 29. The molecule has 40 heteroatoms. The fourth-order valence-electron chi connectivity index (χ4n) is 13.8. The van der Waals surface area contributed by atoms with Crippen LogP contribution >= 0.6 is 11.6 Å². The SMILES string of the molecule is CC(=O)N[C@@H](CC(C)C)C(=O)N[C@H](C(=O)N[C@@H](Cc1ccccc1)C(=O)NC1(C)CCCCCCn2cc(nn2)CCC[C@@](C)(C(=O)NC(CO)C(=O)N[C@@H](C)C(=O)NC(C)C(N)=O)NC(=O)[C@H](CC(C)C)NN[C@@H](CCC(N)=O)C(=O)C(=O)C(C)NC(=O)[C@H](Cc2c[nH]c3cc(Cl)ccc23)NC(=O)[C@H](Cc2ccc(O)cc2)NC(=O)C(C)NC1=O)[C@@H](C)O. The smallest absolute Gasteiger partial charge is 0.246 e. The molecule has 0 saturated carbocycles. The molecule has 22 N–H and O–H groups in total. The predicted octanol–water partition coefficient (Wildman–Crippen LogP) is -0.984. The number of hydrogen-bond donors (Lipinski definition) is 20. The van der Waals surface area contributed by atoms with Gasteiger partial charge < -0.3 is 95.6 Å². The average molecular weight is 1750 g/mol. The Bertz CT molecular complexity index is 4580. The number of fused-ring (bicyclic) bond motifs is 3. The summed E-state index contributed by atoms with van der Waals surface area (Å²) in [4.78, 5) is 229. The Morgan fingerprint density at radius 1 is 0.621 bits per heavy atom. The topological polar surface area (TPSA) is 601 Å². The fraction of sp³-hybridized carbons (Fsp3) is 0.548. The number of carbonyl (C=O) groups is 16. The minimum atomic E-state index is -1.98. The molecule has 6 rings (SSSR count). The molecule has 3 aromatic carbocycles. The van der Waals surface area contributed by atoms with Crippen LogP contribution < -0.4 is 86.1 Å². The van der Waals surface area contributed by atoms with Crippen LogP contribution in [-0.2, 0) is 109 Å². The van der Waals surface area contributed by atoms with E-state index in [2.05, 4.69) is 89.9 Å². The van der Waals surface area contributed by atoms with Crippen LogP contribution in [0.15, 0.2) is 85.2 Å². The Morgan fingerprint density at radius 3 is 1.90 bits per heavy atom. The lowest BCUT2D eigenvalue weighted by Crippen LogP contribution is -2.65. The first kappa shape index (κ1) is 101. The Labute approximate surface area is 724 Å². The summed E-state index contributed by atoms with van der Waals surface area (Å²) in [7, 11) is 0. The van der Waals surface area contributed by atoms with Crippen LogP contribution in [0.5, 0.6) is 5.75 Å². The van der Waals surface area contributed by atoms with Crippen molar-refractivity contribution in [1.82, 2.24) is 94.6 Å². The number of hydrogen-bond acceptors (Lipinski definition) is 23. The lowest BCUT2D eigenvalue weighted by atomic mass is 9.91. The van der Waals surface area contributed by atoms with E-state index in [1.165, 1.54) is 79.7 Å². The molecule has 15 atom stereocenters. The van der Waals surface area contributed by atoms with Gasteiger partial charge in [-0.05, 0) is 153 Å². The van der Waals surface area contributed by atoms with Gasteiger partial charge in [-0.15, -0.1) is 5.10 Å². The molecule has 39 nitrogen and oxygen atoms in total. The van der Waals surface area contributed by atoms with Crippen molar-refractivity contribution in [3.63, 3.8) is 0 Å². The van der Waals surface area contributed by atoms with Gasteiger partial charge >= 0.3 is 0 Å². The van der Waals surface area contributed by atoms with E-state index in [4.69, 9.17) is 23.1 Å². The third-order valence-electron chi connectivity index (χ3n) is 21.0. The number of aliphatic hydroxyl groups is 2. The minimum Gasteiger partial charge on any atom is -0.508 e. The number of nitrogens with one attached hydrogen (secondary N) is 15. The van der Waals surface area contributed by atoms with E-state index < -0.39 is 203 Å². The molecule has 0 aliphatic carbocycles. The van der Waals surface area contributed by atoms with Crippen LogP contribution in [0.2, 0.25) is 5.02 Å². The first-order valence-electron chi connectivity index (χ1n) is 41.5. The predicted molar refractivity (Wildman–Crippen MR) is 455 cm³/mol. The van der Waals surface area contributed by atoms with Gasteiger partial charge in [0.15, 0.2) is 0 Å². The summed E-state index contributed by atoms with van der Waals surface area (Å²) in [5.41, 5.74) is 14.8. The molecule has 0 radical (unpaired) electrons. The highest BCUT2D eigenvalue weighted by atomic mass is 35.5. The number of benzene rings is 3. The fourth-order valence-corrected chi connectivity index (χ4v) is 13.9. The second kappa shape index (κ2) is 47.7. The zero-order valence-electron chi connectivity index (χ0n) is 72.0. The maximum absolute atomic E-state index is 15.3. The number of aromatic nitrogens is 4. The maximum atomic E-state index is 15.3. The second-order valence-corrected chi connectivity index (χ2v) is 33.4. The van der Waals surface area contributed by atoms with Crippen LogP contribution in [0.1, 0.15) is 176 Å². The van der Waals surface area contributed by atoms with Gasteiger partial charge in [0, 0.05) is 67.5 Å². The van der Waals surface area contributed by atoms with Crippen molar-refractivity contribution in [2.24, 2.45) is 23.3 Å². The number of nitrogens with zero attached hydrogens (tertiary/aromatic N) is 3. The van der Waals surface area contributed by atoms with E-state index in [0.29, 0.717) is 64.1 Å². The van der Waals surface area contributed by atoms with E-state index >= 15 is 19.2 Å². The third-order valence-corrected chi connectivity index (χ3v) is 21.2. The van der Waals surface area contributed by atoms with Crippen molar-refractivity contribution in [3.05, 3.63) is 113 Å². The first-order chi connectivity index (χ1) is 58.4. The van der Waals surface area contributed by atoms with Crippen LogP contribution in [0, 0.1) is 11.8 Å². The summed E-state index contributed by atoms with van der Waals surface area (Å²) in [6.45, 7) is 16.7. The summed E-state index contributed by atoms with van der Waals surface area (Å²) in [6.07, 6.45) is 1.48. The number of aromatic amines is 1. The number of carbonyl (C=O) groups excluding carboxylic acids is 16. The van der Waals surface area contributed by atoms with Gasteiger partial charge in [0.25, 0.3) is 0 Å². The van der Waals surface area contributed by atoms with Crippen molar-refractivity contribution in [1.29, 1.82) is 0 Å². The number of nitrogens with two attached hydrogens (primary N) is 2.